The molecule has 0 bridgehead atoms. The van der Waals surface area contributed by atoms with E-state index >= 15 is 0 Å². The number of anilines is 1. The Morgan fingerprint density at radius 1 is 1.36 bits per heavy atom. The highest BCUT2D eigenvalue weighted by molar-refractivity contribution is 6.31. The summed E-state index contributed by atoms with van der Waals surface area (Å²) < 4.78 is 1.81. The number of unbranched alkanes of at least 4 members (excludes halogenated alkanes) is 1. The zero-order valence-electron chi connectivity index (χ0n) is 12.3. The fourth-order valence-electron chi connectivity index (χ4n) is 2.33. The molecule has 3 aromatic rings. The molecule has 2 heterocycles. The first-order chi connectivity index (χ1) is 10.7. The Kier molecular flexibility index (Phi) is 4.15. The number of aromatic nitrogens is 3. The monoisotopic (exact) mass is 316 g/mol. The van der Waals surface area contributed by atoms with Gasteiger partial charge < -0.3 is 10.3 Å². The number of amides is 1. The van der Waals surface area contributed by atoms with Gasteiger partial charge in [-0.25, -0.2) is 4.68 Å². The molecule has 0 saturated heterocycles. The van der Waals surface area contributed by atoms with Crippen molar-refractivity contribution in [2.45, 2.75) is 26.3 Å². The average Bonchev–Trinajstić information content (AvgIpc) is 3.11. The second-order valence-electron chi connectivity index (χ2n) is 5.16. The highest BCUT2D eigenvalue weighted by Crippen LogP contribution is 2.20. The summed E-state index contributed by atoms with van der Waals surface area (Å²) in [6.07, 6.45) is 3.79. The number of carbonyl (C=O) groups is 1. The molecular formula is C16H17ClN4O. The summed E-state index contributed by atoms with van der Waals surface area (Å²) in [7, 11) is 0. The molecule has 1 aromatic carbocycles. The van der Waals surface area contributed by atoms with E-state index in [1.54, 1.807) is 29.1 Å². The van der Waals surface area contributed by atoms with Gasteiger partial charge in [0.2, 0.25) is 0 Å². The smallest absolute Gasteiger partial charge is 0.273 e. The molecular weight excluding hydrogens is 300 g/mol. The molecule has 0 atom stereocenters. The standard InChI is InChI=1S/C16H17ClN4O/c1-2-3-8-21-15(6-7-18-21)20-16(22)14-9-11-4-5-12(17)10-13(11)19-14/h4-7,9-10,19H,2-3,8H2,1H3,(H,20,22). The Hall–Kier alpha value is -2.27. The van der Waals surface area contributed by atoms with Crippen LogP contribution in [0.3, 0.4) is 0 Å². The van der Waals surface area contributed by atoms with E-state index in [0.717, 1.165) is 30.3 Å². The number of hydrogen-bond acceptors (Lipinski definition) is 2. The molecule has 0 aliphatic rings. The number of H-pyrrole nitrogens is 1. The number of hydrogen-bond donors (Lipinski definition) is 2. The first kappa shape index (κ1) is 14.7. The van der Waals surface area contributed by atoms with Crippen molar-refractivity contribution in [2.75, 3.05) is 5.32 Å². The van der Waals surface area contributed by atoms with Crippen molar-refractivity contribution in [2.24, 2.45) is 0 Å². The Bertz CT molecular complexity index is 805. The van der Waals surface area contributed by atoms with Crippen molar-refractivity contribution in [3.8, 4) is 0 Å². The van der Waals surface area contributed by atoms with E-state index in [2.05, 4.69) is 22.3 Å². The van der Waals surface area contributed by atoms with Crippen LogP contribution in [0.4, 0.5) is 5.82 Å². The lowest BCUT2D eigenvalue weighted by Crippen LogP contribution is -2.16. The fraction of sp³-hybridized carbons (Fsp3) is 0.250. The lowest BCUT2D eigenvalue weighted by molar-refractivity contribution is 0.102. The van der Waals surface area contributed by atoms with Gasteiger partial charge in [-0.3, -0.25) is 4.79 Å². The maximum atomic E-state index is 12.4. The van der Waals surface area contributed by atoms with E-state index in [-0.39, 0.29) is 5.91 Å². The van der Waals surface area contributed by atoms with Crippen molar-refractivity contribution in [3.05, 3.63) is 47.2 Å². The Balaban J connectivity index is 1.80. The number of aromatic amines is 1. The molecule has 0 spiro atoms. The number of rotatable bonds is 5. The number of aryl methyl sites for hydroxylation is 1. The molecule has 2 aromatic heterocycles. The molecule has 1 amide bonds. The molecule has 0 radical (unpaired) electrons. The number of halogens is 1. The van der Waals surface area contributed by atoms with Crippen molar-refractivity contribution >= 4 is 34.2 Å². The lowest BCUT2D eigenvalue weighted by atomic mass is 10.2. The molecule has 3 rings (SSSR count). The number of benzene rings is 1. The van der Waals surface area contributed by atoms with Crippen LogP contribution in [0.5, 0.6) is 0 Å². The Morgan fingerprint density at radius 3 is 3.05 bits per heavy atom. The maximum absolute atomic E-state index is 12.4. The molecule has 2 N–H and O–H groups in total. The molecule has 0 fully saturated rings. The molecule has 0 saturated carbocycles. The van der Waals surface area contributed by atoms with E-state index in [4.69, 9.17) is 11.6 Å². The van der Waals surface area contributed by atoms with Gasteiger partial charge in [-0.1, -0.05) is 31.0 Å². The Morgan fingerprint density at radius 2 is 2.23 bits per heavy atom. The second kappa shape index (κ2) is 6.23. The summed E-state index contributed by atoms with van der Waals surface area (Å²) in [6.45, 7) is 2.92. The summed E-state index contributed by atoms with van der Waals surface area (Å²) in [4.78, 5) is 15.5. The van der Waals surface area contributed by atoms with Gasteiger partial charge in [0, 0.05) is 28.5 Å². The summed E-state index contributed by atoms with van der Waals surface area (Å²) in [5, 5.41) is 8.71. The van der Waals surface area contributed by atoms with E-state index in [1.807, 2.05) is 12.1 Å². The minimum atomic E-state index is -0.189. The van der Waals surface area contributed by atoms with Gasteiger partial charge in [-0.05, 0) is 24.6 Å². The van der Waals surface area contributed by atoms with Gasteiger partial charge in [0.05, 0.1) is 6.20 Å². The summed E-state index contributed by atoms with van der Waals surface area (Å²) in [6, 6.07) is 9.11. The molecule has 5 nitrogen and oxygen atoms in total. The quantitative estimate of drug-likeness (QED) is 0.745. The van der Waals surface area contributed by atoms with Crippen molar-refractivity contribution in [1.29, 1.82) is 0 Å². The van der Waals surface area contributed by atoms with Crippen molar-refractivity contribution in [1.82, 2.24) is 14.8 Å². The molecule has 0 unspecified atom stereocenters. The van der Waals surface area contributed by atoms with Crippen LogP contribution in [0, 0.1) is 0 Å². The van der Waals surface area contributed by atoms with Gasteiger partial charge in [0.1, 0.15) is 11.5 Å². The third kappa shape index (κ3) is 2.99. The molecule has 114 valence electrons. The molecule has 6 heteroatoms. The third-order valence-corrected chi connectivity index (χ3v) is 3.75. The Labute approximate surface area is 133 Å². The zero-order chi connectivity index (χ0) is 15.5. The average molecular weight is 317 g/mol. The van der Waals surface area contributed by atoms with Crippen molar-refractivity contribution in [3.63, 3.8) is 0 Å². The van der Waals surface area contributed by atoms with Crippen LogP contribution >= 0.6 is 11.6 Å². The van der Waals surface area contributed by atoms with Crippen LogP contribution < -0.4 is 5.32 Å². The summed E-state index contributed by atoms with van der Waals surface area (Å²) in [5.41, 5.74) is 1.35. The van der Waals surface area contributed by atoms with E-state index < -0.39 is 0 Å². The fourth-order valence-corrected chi connectivity index (χ4v) is 2.50. The lowest BCUT2D eigenvalue weighted by Gasteiger charge is -2.07. The van der Waals surface area contributed by atoms with Gasteiger partial charge in [0.25, 0.3) is 5.91 Å². The SMILES string of the molecule is CCCCn1nccc1NC(=O)c1cc2ccc(Cl)cc2[nH]1. The number of fused-ring (bicyclic) bond motifs is 1. The third-order valence-electron chi connectivity index (χ3n) is 3.51. The van der Waals surface area contributed by atoms with Crippen LogP contribution in [-0.2, 0) is 6.54 Å². The first-order valence-electron chi connectivity index (χ1n) is 7.29. The van der Waals surface area contributed by atoms with E-state index in [9.17, 15) is 4.79 Å². The molecule has 0 aliphatic carbocycles. The number of carbonyl (C=O) groups excluding carboxylic acids is 1. The first-order valence-corrected chi connectivity index (χ1v) is 7.66. The van der Waals surface area contributed by atoms with Gasteiger partial charge >= 0.3 is 0 Å². The molecule has 0 aliphatic heterocycles. The minimum absolute atomic E-state index is 0.189. The largest absolute Gasteiger partial charge is 0.350 e. The van der Waals surface area contributed by atoms with Crippen LogP contribution in [0.25, 0.3) is 10.9 Å². The van der Waals surface area contributed by atoms with Crippen LogP contribution in [0.2, 0.25) is 5.02 Å². The van der Waals surface area contributed by atoms with Crippen molar-refractivity contribution < 1.29 is 4.79 Å². The molecule has 22 heavy (non-hydrogen) atoms. The predicted octanol–water partition coefficient (Wildman–Crippen LogP) is 4.07. The number of nitrogens with zero attached hydrogens (tertiary/aromatic N) is 2. The highest BCUT2D eigenvalue weighted by atomic mass is 35.5. The zero-order valence-corrected chi connectivity index (χ0v) is 13.0. The maximum Gasteiger partial charge on any atom is 0.273 e. The summed E-state index contributed by atoms with van der Waals surface area (Å²) in [5.74, 6) is 0.515. The highest BCUT2D eigenvalue weighted by Gasteiger charge is 2.12. The summed E-state index contributed by atoms with van der Waals surface area (Å²) >= 11 is 5.96. The number of nitrogens with one attached hydrogen (secondary N) is 2. The van der Waals surface area contributed by atoms with Gasteiger partial charge in [-0.2, -0.15) is 5.10 Å². The van der Waals surface area contributed by atoms with Gasteiger partial charge in [-0.15, -0.1) is 0 Å². The topological polar surface area (TPSA) is 62.7 Å². The van der Waals surface area contributed by atoms with Crippen LogP contribution in [0.1, 0.15) is 30.3 Å². The van der Waals surface area contributed by atoms with Crippen LogP contribution in [-0.4, -0.2) is 20.7 Å². The van der Waals surface area contributed by atoms with Crippen LogP contribution in [0.15, 0.2) is 36.5 Å². The van der Waals surface area contributed by atoms with E-state index in [0.29, 0.717) is 16.5 Å². The minimum Gasteiger partial charge on any atom is -0.350 e. The normalized spacial score (nSPS) is 11.0. The van der Waals surface area contributed by atoms with E-state index in [1.165, 1.54) is 0 Å². The predicted molar refractivity (Wildman–Crippen MR) is 88.4 cm³/mol. The second-order valence-corrected chi connectivity index (χ2v) is 5.60. The van der Waals surface area contributed by atoms with Gasteiger partial charge in [0.15, 0.2) is 0 Å².